The van der Waals surface area contributed by atoms with Crippen LogP contribution >= 0.6 is 0 Å². The topological polar surface area (TPSA) is 80.2 Å². The molecule has 0 aliphatic rings. The molecule has 2 rings (SSSR count). The molecule has 24 heavy (non-hydrogen) atoms. The lowest BCUT2D eigenvalue weighted by molar-refractivity contribution is 0.561. The Morgan fingerprint density at radius 2 is 1.75 bits per heavy atom. The Hall–Kier alpha value is -2.35. The standard InChI is InChI=1S/C16H17FN3O3S/c1-10(2)14-13(9-21)15(11-5-7-12(17)8-6-11)19-16(18-14)20(3)24(4,22)23/h5-8,10H,1-4H3. The van der Waals surface area contributed by atoms with Gasteiger partial charge in [0, 0.05) is 12.6 Å². The van der Waals surface area contributed by atoms with E-state index < -0.39 is 15.8 Å². The summed E-state index contributed by atoms with van der Waals surface area (Å²) >= 11 is 0. The number of aromatic nitrogens is 2. The number of hydrogen-bond donors (Lipinski definition) is 0. The minimum Gasteiger partial charge on any atom is -0.285 e. The molecule has 0 bridgehead atoms. The highest BCUT2D eigenvalue weighted by Gasteiger charge is 2.23. The van der Waals surface area contributed by atoms with E-state index in [2.05, 4.69) is 9.97 Å². The summed E-state index contributed by atoms with van der Waals surface area (Å²) in [5.74, 6) is -0.642. The molecule has 127 valence electrons. The third-order valence-electron chi connectivity index (χ3n) is 3.47. The Bertz CT molecular complexity index is 865. The summed E-state index contributed by atoms with van der Waals surface area (Å²) < 4.78 is 37.6. The first-order valence-corrected chi connectivity index (χ1v) is 9.00. The maximum Gasteiger partial charge on any atom is 0.239 e. The minimum atomic E-state index is -3.57. The number of anilines is 1. The molecule has 0 atom stereocenters. The van der Waals surface area contributed by atoms with Crippen LogP contribution < -0.4 is 4.31 Å². The molecule has 1 heterocycles. The van der Waals surface area contributed by atoms with E-state index in [0.29, 0.717) is 11.3 Å². The number of benzene rings is 1. The normalized spacial score (nSPS) is 11.6. The maximum atomic E-state index is 13.2. The van der Waals surface area contributed by atoms with Crippen molar-refractivity contribution in [3.05, 3.63) is 41.3 Å². The van der Waals surface area contributed by atoms with E-state index in [0.717, 1.165) is 10.6 Å². The molecule has 0 spiro atoms. The Balaban J connectivity index is 2.78. The summed E-state index contributed by atoms with van der Waals surface area (Å²) in [6.07, 6.45) is 2.86. The third-order valence-corrected chi connectivity index (χ3v) is 4.63. The summed E-state index contributed by atoms with van der Waals surface area (Å²) in [4.78, 5) is 19.9. The van der Waals surface area contributed by atoms with Gasteiger partial charge in [0.05, 0.1) is 23.2 Å². The van der Waals surface area contributed by atoms with E-state index >= 15 is 0 Å². The fourth-order valence-electron chi connectivity index (χ4n) is 2.09. The SMILES string of the molecule is CC(C)c1nc(N(C)S(C)(=O)=O)nc(-c2ccc(F)cc2)c1[C]=O. The quantitative estimate of drug-likeness (QED) is 0.826. The average Bonchev–Trinajstić information content (AvgIpc) is 2.52. The number of halogens is 1. The van der Waals surface area contributed by atoms with Gasteiger partial charge in [-0.2, -0.15) is 0 Å². The molecular weight excluding hydrogens is 333 g/mol. The van der Waals surface area contributed by atoms with Crippen molar-refractivity contribution >= 4 is 22.3 Å². The van der Waals surface area contributed by atoms with Crippen molar-refractivity contribution in [3.63, 3.8) is 0 Å². The Kier molecular flexibility index (Phi) is 4.98. The third kappa shape index (κ3) is 3.59. The Labute approximate surface area is 140 Å². The zero-order valence-electron chi connectivity index (χ0n) is 13.7. The van der Waals surface area contributed by atoms with Gasteiger partial charge < -0.3 is 0 Å². The van der Waals surface area contributed by atoms with Gasteiger partial charge in [0.2, 0.25) is 22.3 Å². The molecule has 1 aromatic heterocycles. The second-order valence-electron chi connectivity index (χ2n) is 5.63. The largest absolute Gasteiger partial charge is 0.285 e. The van der Waals surface area contributed by atoms with Gasteiger partial charge in [0.1, 0.15) is 5.82 Å². The van der Waals surface area contributed by atoms with Crippen molar-refractivity contribution in [2.24, 2.45) is 0 Å². The van der Waals surface area contributed by atoms with E-state index in [1.165, 1.54) is 31.3 Å². The summed E-state index contributed by atoms with van der Waals surface area (Å²) in [5.41, 5.74) is 1.21. The summed E-state index contributed by atoms with van der Waals surface area (Å²) in [6.45, 7) is 3.64. The smallest absolute Gasteiger partial charge is 0.239 e. The van der Waals surface area contributed by atoms with Crippen LogP contribution in [0.25, 0.3) is 11.3 Å². The molecule has 0 amide bonds. The molecule has 0 saturated carbocycles. The first-order chi connectivity index (χ1) is 11.1. The second-order valence-corrected chi connectivity index (χ2v) is 7.64. The van der Waals surface area contributed by atoms with Crippen molar-refractivity contribution in [3.8, 4) is 11.3 Å². The van der Waals surface area contributed by atoms with Crippen molar-refractivity contribution in [2.75, 3.05) is 17.6 Å². The van der Waals surface area contributed by atoms with Gasteiger partial charge >= 0.3 is 0 Å². The molecule has 8 heteroatoms. The lowest BCUT2D eigenvalue weighted by atomic mass is 9.99. The first kappa shape index (κ1) is 18.0. The second kappa shape index (κ2) is 6.64. The molecule has 1 radical (unpaired) electrons. The molecular formula is C16H17FN3O3S. The van der Waals surface area contributed by atoms with Crippen LogP contribution in [0.15, 0.2) is 24.3 Å². The van der Waals surface area contributed by atoms with E-state index in [-0.39, 0.29) is 23.1 Å². The van der Waals surface area contributed by atoms with E-state index in [9.17, 15) is 17.6 Å². The maximum absolute atomic E-state index is 13.2. The van der Waals surface area contributed by atoms with Gasteiger partial charge in [-0.15, -0.1) is 0 Å². The highest BCUT2D eigenvalue weighted by atomic mass is 32.2. The van der Waals surface area contributed by atoms with Crippen LogP contribution in [-0.2, 0) is 14.8 Å². The van der Waals surface area contributed by atoms with Gasteiger partial charge in [0.25, 0.3) is 0 Å². The van der Waals surface area contributed by atoms with Crippen LogP contribution in [0.2, 0.25) is 0 Å². The molecule has 0 aliphatic carbocycles. The Morgan fingerprint density at radius 3 is 2.21 bits per heavy atom. The van der Waals surface area contributed by atoms with E-state index in [1.54, 1.807) is 0 Å². The first-order valence-electron chi connectivity index (χ1n) is 7.15. The van der Waals surface area contributed by atoms with Crippen LogP contribution in [0.3, 0.4) is 0 Å². The van der Waals surface area contributed by atoms with Crippen molar-refractivity contribution in [1.82, 2.24) is 9.97 Å². The summed E-state index contributed by atoms with van der Waals surface area (Å²) in [5, 5.41) is 0. The minimum absolute atomic E-state index is 0.0560. The number of hydrogen-bond acceptors (Lipinski definition) is 5. The predicted octanol–water partition coefficient (Wildman–Crippen LogP) is 2.26. The summed E-state index contributed by atoms with van der Waals surface area (Å²) in [6, 6.07) is 5.40. The zero-order valence-corrected chi connectivity index (χ0v) is 14.6. The van der Waals surface area contributed by atoms with Gasteiger partial charge in [-0.05, 0) is 30.2 Å². The van der Waals surface area contributed by atoms with Gasteiger partial charge in [0.15, 0.2) is 0 Å². The van der Waals surface area contributed by atoms with Gasteiger partial charge in [-0.25, -0.2) is 27.1 Å². The predicted molar refractivity (Wildman–Crippen MR) is 89.6 cm³/mol. The van der Waals surface area contributed by atoms with Crippen molar-refractivity contribution in [1.29, 1.82) is 0 Å². The average molecular weight is 350 g/mol. The molecule has 0 aliphatic heterocycles. The number of carbonyl (C=O) groups excluding carboxylic acids is 1. The number of nitrogens with zero attached hydrogens (tertiary/aromatic N) is 3. The van der Waals surface area contributed by atoms with Gasteiger partial charge in [-0.3, -0.25) is 4.79 Å². The monoisotopic (exact) mass is 350 g/mol. The number of sulfonamides is 1. The van der Waals surface area contributed by atoms with Crippen LogP contribution in [0.1, 0.15) is 31.0 Å². The lowest BCUT2D eigenvalue weighted by Crippen LogP contribution is -2.27. The van der Waals surface area contributed by atoms with Crippen LogP contribution in [-0.4, -0.2) is 38.0 Å². The van der Waals surface area contributed by atoms with E-state index in [4.69, 9.17) is 0 Å². The van der Waals surface area contributed by atoms with Crippen molar-refractivity contribution < 1.29 is 17.6 Å². The molecule has 0 saturated heterocycles. The molecule has 6 nitrogen and oxygen atoms in total. The summed E-state index contributed by atoms with van der Waals surface area (Å²) in [7, 11) is -2.25. The molecule has 0 fully saturated rings. The molecule has 0 N–H and O–H groups in total. The fraction of sp³-hybridized carbons (Fsp3) is 0.312. The van der Waals surface area contributed by atoms with Gasteiger partial charge in [-0.1, -0.05) is 13.8 Å². The Morgan fingerprint density at radius 1 is 1.17 bits per heavy atom. The number of rotatable bonds is 5. The van der Waals surface area contributed by atoms with E-state index in [1.807, 2.05) is 20.1 Å². The van der Waals surface area contributed by atoms with Crippen LogP contribution in [0.5, 0.6) is 0 Å². The van der Waals surface area contributed by atoms with Crippen molar-refractivity contribution in [2.45, 2.75) is 19.8 Å². The highest BCUT2D eigenvalue weighted by molar-refractivity contribution is 7.92. The van der Waals surface area contributed by atoms with Crippen LogP contribution in [0.4, 0.5) is 10.3 Å². The lowest BCUT2D eigenvalue weighted by Gasteiger charge is -2.19. The molecule has 1 aromatic carbocycles. The molecule has 2 aromatic rings. The van der Waals surface area contributed by atoms with Crippen LogP contribution in [0, 0.1) is 5.82 Å². The highest BCUT2D eigenvalue weighted by Crippen LogP contribution is 2.29. The fourth-order valence-corrected chi connectivity index (χ4v) is 2.47. The zero-order chi connectivity index (χ0) is 18.1. The molecule has 0 unspecified atom stereocenters.